The first-order valence-corrected chi connectivity index (χ1v) is 5.44. The van der Waals surface area contributed by atoms with Crippen LogP contribution in [0.4, 0.5) is 0 Å². The molecule has 0 saturated carbocycles. The van der Waals surface area contributed by atoms with E-state index in [9.17, 15) is 4.79 Å². The van der Waals surface area contributed by atoms with Crippen LogP contribution in [0.2, 0.25) is 0 Å². The van der Waals surface area contributed by atoms with Crippen LogP contribution in [-0.2, 0) is 16.0 Å². The highest BCUT2D eigenvalue weighted by Gasteiger charge is 2.03. The van der Waals surface area contributed by atoms with Crippen molar-refractivity contribution in [2.45, 2.75) is 26.2 Å². The number of carbonyl (C=O) groups excluding carboxylic acids is 1. The van der Waals surface area contributed by atoms with Crippen LogP contribution in [0.15, 0.2) is 16.8 Å². The van der Waals surface area contributed by atoms with Crippen LogP contribution in [0.1, 0.15) is 25.3 Å². The van der Waals surface area contributed by atoms with E-state index in [0.717, 1.165) is 18.4 Å². The Balaban J connectivity index is 2.18. The van der Waals surface area contributed by atoms with Crippen LogP contribution in [0, 0.1) is 0 Å². The average molecular weight is 198 g/mol. The van der Waals surface area contributed by atoms with Crippen molar-refractivity contribution < 1.29 is 9.53 Å². The molecule has 0 atom stereocenters. The number of hydrogen-bond acceptors (Lipinski definition) is 3. The van der Waals surface area contributed by atoms with Gasteiger partial charge in [0.1, 0.15) is 0 Å². The van der Waals surface area contributed by atoms with Crippen LogP contribution in [-0.4, -0.2) is 12.6 Å². The molecule has 72 valence electrons. The standard InChI is InChI=1S/C10H14O2S/c1-2-3-5-12-10(11)7-9-4-6-13-8-9/h4,6,8H,2-3,5,7H2,1H3. The highest BCUT2D eigenvalue weighted by molar-refractivity contribution is 7.07. The summed E-state index contributed by atoms with van der Waals surface area (Å²) < 4.78 is 5.02. The van der Waals surface area contributed by atoms with Gasteiger partial charge in [0.05, 0.1) is 13.0 Å². The van der Waals surface area contributed by atoms with Crippen LogP contribution in [0.3, 0.4) is 0 Å². The summed E-state index contributed by atoms with van der Waals surface area (Å²) in [6.07, 6.45) is 2.42. The first-order chi connectivity index (χ1) is 6.33. The lowest BCUT2D eigenvalue weighted by Crippen LogP contribution is -2.08. The van der Waals surface area contributed by atoms with Gasteiger partial charge < -0.3 is 4.74 Å². The highest BCUT2D eigenvalue weighted by atomic mass is 32.1. The van der Waals surface area contributed by atoms with Crippen LogP contribution in [0.5, 0.6) is 0 Å². The Morgan fingerprint density at radius 1 is 1.62 bits per heavy atom. The van der Waals surface area contributed by atoms with E-state index >= 15 is 0 Å². The molecular weight excluding hydrogens is 184 g/mol. The van der Waals surface area contributed by atoms with Crippen molar-refractivity contribution in [1.82, 2.24) is 0 Å². The monoisotopic (exact) mass is 198 g/mol. The molecule has 0 fully saturated rings. The molecule has 1 aromatic rings. The number of ether oxygens (including phenoxy) is 1. The summed E-state index contributed by atoms with van der Waals surface area (Å²) in [5.41, 5.74) is 1.05. The van der Waals surface area contributed by atoms with E-state index in [0.29, 0.717) is 13.0 Å². The molecule has 3 heteroatoms. The number of carbonyl (C=O) groups is 1. The molecule has 1 aromatic heterocycles. The van der Waals surface area contributed by atoms with Crippen molar-refractivity contribution in [3.63, 3.8) is 0 Å². The summed E-state index contributed by atoms with van der Waals surface area (Å²) in [7, 11) is 0. The third kappa shape index (κ3) is 4.08. The van der Waals surface area contributed by atoms with Gasteiger partial charge in [0.2, 0.25) is 0 Å². The SMILES string of the molecule is CCCCOC(=O)Cc1ccsc1. The second-order valence-corrected chi connectivity index (χ2v) is 3.66. The molecule has 1 heterocycles. The summed E-state index contributed by atoms with van der Waals surface area (Å²) in [5.74, 6) is -0.119. The third-order valence-corrected chi connectivity index (χ3v) is 2.42. The molecule has 0 saturated heterocycles. The van der Waals surface area contributed by atoms with Crippen molar-refractivity contribution in [1.29, 1.82) is 0 Å². The van der Waals surface area contributed by atoms with Crippen molar-refractivity contribution in [3.8, 4) is 0 Å². The number of unbranched alkanes of at least 4 members (excludes halogenated alkanes) is 1. The average Bonchev–Trinajstić information content (AvgIpc) is 2.57. The number of esters is 1. The predicted molar refractivity (Wildman–Crippen MR) is 53.9 cm³/mol. The largest absolute Gasteiger partial charge is 0.465 e. The third-order valence-electron chi connectivity index (χ3n) is 1.69. The van der Waals surface area contributed by atoms with Gasteiger partial charge in [-0.05, 0) is 28.8 Å². The minimum Gasteiger partial charge on any atom is -0.465 e. The zero-order valence-corrected chi connectivity index (χ0v) is 8.60. The highest BCUT2D eigenvalue weighted by Crippen LogP contribution is 2.07. The molecule has 0 aliphatic carbocycles. The Kier molecular flexibility index (Phi) is 4.54. The molecule has 1 rings (SSSR count). The fourth-order valence-corrected chi connectivity index (χ4v) is 1.61. The van der Waals surface area contributed by atoms with E-state index in [1.165, 1.54) is 0 Å². The Morgan fingerprint density at radius 3 is 3.08 bits per heavy atom. The lowest BCUT2D eigenvalue weighted by Gasteiger charge is -2.01. The van der Waals surface area contributed by atoms with Gasteiger partial charge in [-0.1, -0.05) is 13.3 Å². The number of rotatable bonds is 5. The normalized spacial score (nSPS) is 9.92. The van der Waals surface area contributed by atoms with E-state index in [4.69, 9.17) is 4.74 Å². The fourth-order valence-electron chi connectivity index (χ4n) is 0.941. The summed E-state index contributed by atoms with van der Waals surface area (Å²) in [6, 6.07) is 1.95. The molecule has 13 heavy (non-hydrogen) atoms. The fraction of sp³-hybridized carbons (Fsp3) is 0.500. The van der Waals surface area contributed by atoms with Crippen molar-refractivity contribution in [3.05, 3.63) is 22.4 Å². The van der Waals surface area contributed by atoms with Gasteiger partial charge in [-0.3, -0.25) is 4.79 Å². The first kappa shape index (κ1) is 10.3. The van der Waals surface area contributed by atoms with E-state index in [1.54, 1.807) is 11.3 Å². The lowest BCUT2D eigenvalue weighted by atomic mass is 10.2. The minimum atomic E-state index is -0.119. The predicted octanol–water partition coefficient (Wildman–Crippen LogP) is 2.63. The topological polar surface area (TPSA) is 26.3 Å². The Bertz CT molecular complexity index is 241. The Hall–Kier alpha value is -0.830. The summed E-state index contributed by atoms with van der Waals surface area (Å²) in [6.45, 7) is 2.63. The maximum atomic E-state index is 11.2. The number of thiophene rings is 1. The van der Waals surface area contributed by atoms with Crippen molar-refractivity contribution in [2.24, 2.45) is 0 Å². The quantitative estimate of drug-likeness (QED) is 0.537. The maximum absolute atomic E-state index is 11.2. The smallest absolute Gasteiger partial charge is 0.310 e. The van der Waals surface area contributed by atoms with Gasteiger partial charge in [-0.2, -0.15) is 11.3 Å². The van der Waals surface area contributed by atoms with E-state index in [-0.39, 0.29) is 5.97 Å². The molecule has 0 bridgehead atoms. The van der Waals surface area contributed by atoms with Crippen molar-refractivity contribution in [2.75, 3.05) is 6.61 Å². The lowest BCUT2D eigenvalue weighted by molar-refractivity contribution is -0.142. The molecule has 0 aliphatic rings. The molecule has 0 amide bonds. The molecule has 0 N–H and O–H groups in total. The maximum Gasteiger partial charge on any atom is 0.310 e. The molecule has 2 nitrogen and oxygen atoms in total. The van der Waals surface area contributed by atoms with Crippen LogP contribution >= 0.6 is 11.3 Å². The van der Waals surface area contributed by atoms with E-state index in [1.807, 2.05) is 16.8 Å². The van der Waals surface area contributed by atoms with Gasteiger partial charge in [0, 0.05) is 0 Å². The van der Waals surface area contributed by atoms with Gasteiger partial charge in [0.25, 0.3) is 0 Å². The Labute approximate surface area is 82.5 Å². The van der Waals surface area contributed by atoms with Crippen LogP contribution in [0.25, 0.3) is 0 Å². The second kappa shape index (κ2) is 5.75. The van der Waals surface area contributed by atoms with Gasteiger partial charge in [-0.15, -0.1) is 0 Å². The zero-order valence-electron chi connectivity index (χ0n) is 7.79. The molecule has 0 aromatic carbocycles. The Morgan fingerprint density at radius 2 is 2.46 bits per heavy atom. The van der Waals surface area contributed by atoms with E-state index < -0.39 is 0 Å². The molecule has 0 spiro atoms. The molecule has 0 unspecified atom stereocenters. The molecule has 0 aliphatic heterocycles. The van der Waals surface area contributed by atoms with Crippen molar-refractivity contribution >= 4 is 17.3 Å². The van der Waals surface area contributed by atoms with E-state index in [2.05, 4.69) is 6.92 Å². The molecular formula is C10H14O2S. The molecule has 0 radical (unpaired) electrons. The first-order valence-electron chi connectivity index (χ1n) is 4.49. The van der Waals surface area contributed by atoms with Gasteiger partial charge in [0.15, 0.2) is 0 Å². The summed E-state index contributed by atoms with van der Waals surface area (Å²) in [4.78, 5) is 11.2. The summed E-state index contributed by atoms with van der Waals surface area (Å²) >= 11 is 1.60. The van der Waals surface area contributed by atoms with Gasteiger partial charge in [-0.25, -0.2) is 0 Å². The van der Waals surface area contributed by atoms with Gasteiger partial charge >= 0.3 is 5.97 Å². The minimum absolute atomic E-state index is 0.119. The second-order valence-electron chi connectivity index (χ2n) is 2.88. The van der Waals surface area contributed by atoms with Crippen LogP contribution < -0.4 is 0 Å². The number of hydrogen-bond donors (Lipinski definition) is 0. The zero-order chi connectivity index (χ0) is 9.52. The summed E-state index contributed by atoms with van der Waals surface area (Å²) in [5, 5.41) is 3.94.